The van der Waals surface area contributed by atoms with Crippen molar-refractivity contribution in [1.29, 1.82) is 0 Å². The van der Waals surface area contributed by atoms with E-state index in [4.69, 9.17) is 16.3 Å². The van der Waals surface area contributed by atoms with E-state index in [-0.39, 0.29) is 30.2 Å². The number of esters is 1. The number of thiophene rings is 1. The molecule has 6 nitrogen and oxygen atoms in total. The molecule has 170 valence electrons. The Hall–Kier alpha value is -2.16. The van der Waals surface area contributed by atoms with E-state index in [1.54, 1.807) is 19.9 Å². The van der Waals surface area contributed by atoms with Crippen LogP contribution in [0, 0.1) is 12.3 Å². The number of hydrogen-bond donors (Lipinski definition) is 0. The minimum Gasteiger partial charge on any atom is -0.462 e. The summed E-state index contributed by atoms with van der Waals surface area (Å²) >= 11 is 8.69. The average molecular weight is 493 g/mol. The Morgan fingerprint density at radius 1 is 1.25 bits per heavy atom. The Kier molecular flexibility index (Phi) is 7.47. The van der Waals surface area contributed by atoms with Gasteiger partial charge in [-0.3, -0.25) is 14.2 Å². The highest BCUT2D eigenvalue weighted by atomic mass is 35.5. The molecule has 0 aliphatic rings. The molecule has 0 radical (unpaired) electrons. The van der Waals surface area contributed by atoms with Gasteiger partial charge >= 0.3 is 5.97 Å². The number of aryl methyl sites for hydroxylation is 1. The second-order valence-electron chi connectivity index (χ2n) is 8.30. The summed E-state index contributed by atoms with van der Waals surface area (Å²) in [5, 5.41) is 1.34. The maximum absolute atomic E-state index is 13.6. The molecule has 0 fully saturated rings. The summed E-state index contributed by atoms with van der Waals surface area (Å²) in [6, 6.07) is 7.28. The fourth-order valence-electron chi connectivity index (χ4n) is 2.98. The van der Waals surface area contributed by atoms with Crippen molar-refractivity contribution in [2.24, 2.45) is 5.41 Å². The Morgan fingerprint density at radius 3 is 2.56 bits per heavy atom. The number of rotatable bonds is 7. The summed E-state index contributed by atoms with van der Waals surface area (Å²) in [5.74, 6) is -0.239. The van der Waals surface area contributed by atoms with Crippen LogP contribution in [0.5, 0.6) is 0 Å². The van der Waals surface area contributed by atoms with Crippen LogP contribution in [0.1, 0.15) is 48.5 Å². The minimum absolute atomic E-state index is 0.0516. The molecule has 0 aliphatic carbocycles. The summed E-state index contributed by atoms with van der Waals surface area (Å²) < 4.78 is 6.66. The zero-order chi connectivity index (χ0) is 23.6. The van der Waals surface area contributed by atoms with E-state index in [1.165, 1.54) is 16.3 Å². The number of carbonyl (C=O) groups is 2. The number of fused-ring (bicyclic) bond motifs is 1. The third kappa shape index (κ3) is 5.08. The van der Waals surface area contributed by atoms with E-state index in [0.717, 1.165) is 16.9 Å². The van der Waals surface area contributed by atoms with Gasteiger partial charge in [0.15, 0.2) is 5.16 Å². The van der Waals surface area contributed by atoms with Crippen molar-refractivity contribution in [2.45, 2.75) is 46.3 Å². The fourth-order valence-corrected chi connectivity index (χ4v) is 5.45. The molecule has 2 heterocycles. The maximum atomic E-state index is 13.6. The molecule has 0 amide bonds. The maximum Gasteiger partial charge on any atom is 0.348 e. The quantitative estimate of drug-likeness (QED) is 0.251. The van der Waals surface area contributed by atoms with Crippen molar-refractivity contribution in [3.8, 4) is 0 Å². The lowest BCUT2D eigenvalue weighted by molar-refractivity contribution is -0.123. The van der Waals surface area contributed by atoms with Gasteiger partial charge in [0.05, 0.1) is 24.3 Å². The van der Waals surface area contributed by atoms with Crippen molar-refractivity contribution in [2.75, 3.05) is 12.4 Å². The standard InChI is InChI=1S/C23H25ClN2O4S2/c1-6-30-21(29)18-13(2)17-19(32-18)25-22(31-12-16(27)23(3,4)5)26(20(17)28)11-14-9-7-8-10-15(14)24/h7-10H,6,11-12H2,1-5H3. The highest BCUT2D eigenvalue weighted by Crippen LogP contribution is 2.31. The number of benzene rings is 1. The molecule has 0 bridgehead atoms. The van der Waals surface area contributed by atoms with Crippen LogP contribution in [0.3, 0.4) is 0 Å². The van der Waals surface area contributed by atoms with Crippen molar-refractivity contribution in [1.82, 2.24) is 9.55 Å². The van der Waals surface area contributed by atoms with Gasteiger partial charge in [-0.2, -0.15) is 0 Å². The number of ether oxygens (including phenoxy) is 1. The molecular formula is C23H25ClN2O4S2. The highest BCUT2D eigenvalue weighted by Gasteiger charge is 2.25. The van der Waals surface area contributed by atoms with E-state index in [9.17, 15) is 14.4 Å². The van der Waals surface area contributed by atoms with Crippen LogP contribution < -0.4 is 5.56 Å². The van der Waals surface area contributed by atoms with Crippen LogP contribution >= 0.6 is 34.7 Å². The van der Waals surface area contributed by atoms with Crippen LogP contribution in [0.15, 0.2) is 34.2 Å². The molecule has 1 aromatic carbocycles. The van der Waals surface area contributed by atoms with E-state index in [1.807, 2.05) is 39.0 Å². The Bertz CT molecular complexity index is 1240. The van der Waals surface area contributed by atoms with E-state index >= 15 is 0 Å². The number of aromatic nitrogens is 2. The SMILES string of the molecule is CCOC(=O)c1sc2nc(SCC(=O)C(C)(C)C)n(Cc3ccccc3Cl)c(=O)c2c1C. The number of halogens is 1. The molecule has 32 heavy (non-hydrogen) atoms. The molecule has 2 aromatic heterocycles. The van der Waals surface area contributed by atoms with Gasteiger partial charge in [-0.25, -0.2) is 9.78 Å². The summed E-state index contributed by atoms with van der Waals surface area (Å²) in [5.41, 5.74) is 0.544. The highest BCUT2D eigenvalue weighted by molar-refractivity contribution is 7.99. The van der Waals surface area contributed by atoms with Gasteiger partial charge in [0, 0.05) is 10.4 Å². The van der Waals surface area contributed by atoms with Gasteiger partial charge in [-0.15, -0.1) is 11.3 Å². The number of hydrogen-bond acceptors (Lipinski definition) is 7. The molecule has 0 unspecified atom stereocenters. The van der Waals surface area contributed by atoms with Gasteiger partial charge in [0.2, 0.25) is 0 Å². The van der Waals surface area contributed by atoms with Gasteiger partial charge < -0.3 is 4.74 Å². The van der Waals surface area contributed by atoms with E-state index < -0.39 is 11.4 Å². The second kappa shape index (κ2) is 9.77. The number of thioether (sulfide) groups is 1. The Balaban J connectivity index is 2.15. The van der Waals surface area contributed by atoms with E-state index in [2.05, 4.69) is 4.98 Å². The van der Waals surface area contributed by atoms with Crippen LogP contribution in [0.4, 0.5) is 0 Å². The van der Waals surface area contributed by atoms with Crippen molar-refractivity contribution in [3.05, 3.63) is 55.6 Å². The molecule has 0 saturated heterocycles. The molecule has 0 N–H and O–H groups in total. The lowest BCUT2D eigenvalue weighted by Crippen LogP contribution is -2.26. The lowest BCUT2D eigenvalue weighted by Gasteiger charge is -2.17. The number of nitrogens with zero attached hydrogens (tertiary/aromatic N) is 2. The molecule has 0 atom stereocenters. The number of carbonyl (C=O) groups excluding carboxylic acids is 2. The largest absolute Gasteiger partial charge is 0.462 e. The summed E-state index contributed by atoms with van der Waals surface area (Å²) in [6.07, 6.45) is 0. The topological polar surface area (TPSA) is 78.3 Å². The van der Waals surface area contributed by atoms with Crippen molar-refractivity contribution < 1.29 is 14.3 Å². The van der Waals surface area contributed by atoms with Crippen LogP contribution in [0.25, 0.3) is 10.2 Å². The molecule has 0 aliphatic heterocycles. The predicted molar refractivity (Wildman–Crippen MR) is 130 cm³/mol. The van der Waals surface area contributed by atoms with Gasteiger partial charge in [-0.1, -0.05) is 62.3 Å². The third-order valence-corrected chi connectivity index (χ3v) is 7.44. The van der Waals surface area contributed by atoms with Crippen LogP contribution in [0.2, 0.25) is 5.02 Å². The molecule has 0 spiro atoms. The first-order valence-corrected chi connectivity index (χ1v) is 12.3. The fraction of sp³-hybridized carbons (Fsp3) is 0.391. The summed E-state index contributed by atoms with van der Waals surface area (Å²) in [4.78, 5) is 43.9. The summed E-state index contributed by atoms with van der Waals surface area (Å²) in [6.45, 7) is 9.48. The van der Waals surface area contributed by atoms with Crippen LogP contribution in [-0.4, -0.2) is 33.7 Å². The van der Waals surface area contributed by atoms with Crippen LogP contribution in [-0.2, 0) is 16.1 Å². The summed E-state index contributed by atoms with van der Waals surface area (Å²) in [7, 11) is 0. The zero-order valence-corrected chi connectivity index (χ0v) is 21.0. The molecule has 3 rings (SSSR count). The predicted octanol–water partition coefficient (Wildman–Crippen LogP) is 5.35. The number of ketones is 1. The average Bonchev–Trinajstić information content (AvgIpc) is 3.06. The minimum atomic E-state index is -0.498. The van der Waals surface area contributed by atoms with Crippen molar-refractivity contribution >= 4 is 56.7 Å². The van der Waals surface area contributed by atoms with Crippen molar-refractivity contribution in [3.63, 3.8) is 0 Å². The second-order valence-corrected chi connectivity index (χ2v) is 10.6. The normalized spacial score (nSPS) is 11.7. The van der Waals surface area contributed by atoms with E-state index in [0.29, 0.717) is 30.8 Å². The third-order valence-electron chi connectivity index (χ3n) is 4.93. The smallest absolute Gasteiger partial charge is 0.348 e. The first kappa shape index (κ1) is 24.5. The van der Waals surface area contributed by atoms with Gasteiger partial charge in [0.25, 0.3) is 5.56 Å². The zero-order valence-electron chi connectivity index (χ0n) is 18.7. The molecule has 0 saturated carbocycles. The molecular weight excluding hydrogens is 468 g/mol. The number of Topliss-reactive ketones (excluding diaryl/α,β-unsaturated/α-hetero) is 1. The van der Waals surface area contributed by atoms with Gasteiger partial charge in [0.1, 0.15) is 15.5 Å². The monoisotopic (exact) mass is 492 g/mol. The Morgan fingerprint density at radius 2 is 1.94 bits per heavy atom. The molecule has 9 heteroatoms. The first-order chi connectivity index (χ1) is 15.0. The molecule has 3 aromatic rings. The Labute approximate surface area is 199 Å². The first-order valence-electron chi connectivity index (χ1n) is 10.1. The lowest BCUT2D eigenvalue weighted by atomic mass is 9.92. The van der Waals surface area contributed by atoms with Gasteiger partial charge in [-0.05, 0) is 31.0 Å².